The summed E-state index contributed by atoms with van der Waals surface area (Å²) in [4.78, 5) is 4.21. The predicted octanol–water partition coefficient (Wildman–Crippen LogP) is 3.30. The van der Waals surface area contributed by atoms with Gasteiger partial charge in [0.15, 0.2) is 0 Å². The van der Waals surface area contributed by atoms with Crippen LogP contribution >= 0.6 is 15.9 Å². The normalized spacial score (nSPS) is 17.3. The second-order valence-electron chi connectivity index (χ2n) is 5.04. The van der Waals surface area contributed by atoms with Crippen LogP contribution in [0.2, 0.25) is 0 Å². The average molecular weight is 337 g/mol. The zero-order valence-corrected chi connectivity index (χ0v) is 13.3. The lowest BCUT2D eigenvalue weighted by Crippen LogP contribution is -2.43. The molecule has 6 heteroatoms. The summed E-state index contributed by atoms with van der Waals surface area (Å²) < 4.78 is 28.7. The third-order valence-electron chi connectivity index (χ3n) is 2.30. The number of nitrogens with one attached hydrogen (secondary N) is 1. The van der Waals surface area contributed by atoms with Gasteiger partial charge in [0.05, 0.1) is 5.69 Å². The second-order valence-corrected chi connectivity index (χ2v) is 7.85. The molecule has 2 unspecified atom stereocenters. The van der Waals surface area contributed by atoms with Crippen molar-refractivity contribution >= 4 is 27.3 Å². The van der Waals surface area contributed by atoms with E-state index in [1.54, 1.807) is 18.2 Å². The van der Waals surface area contributed by atoms with Crippen molar-refractivity contribution < 1.29 is 8.94 Å². The number of halogens is 2. The van der Waals surface area contributed by atoms with Gasteiger partial charge in [-0.25, -0.2) is 9.37 Å². The third-order valence-corrected chi connectivity index (χ3v) is 4.33. The van der Waals surface area contributed by atoms with Crippen LogP contribution in [0.3, 0.4) is 0 Å². The lowest BCUT2D eigenvalue weighted by atomic mass is 10.1. The van der Waals surface area contributed by atoms with Gasteiger partial charge in [-0.05, 0) is 55.8 Å². The summed E-state index contributed by atoms with van der Waals surface area (Å²) in [6, 6.07) is 4.59. The largest absolute Gasteiger partial charge is 0.598 e. The molecule has 0 fully saturated rings. The summed E-state index contributed by atoms with van der Waals surface area (Å²) in [6.07, 6.45) is -1.18. The summed E-state index contributed by atoms with van der Waals surface area (Å²) >= 11 is 1.91. The van der Waals surface area contributed by atoms with Gasteiger partial charge >= 0.3 is 0 Å². The Balaban J connectivity index is 2.91. The molecule has 0 saturated heterocycles. The zero-order chi connectivity index (χ0) is 13.9. The molecule has 0 saturated carbocycles. The van der Waals surface area contributed by atoms with Gasteiger partial charge in [-0.1, -0.05) is 6.07 Å². The Morgan fingerprint density at radius 3 is 2.50 bits per heavy atom. The maximum absolute atomic E-state index is 13.7. The fraction of sp³-hybridized carbons (Fsp3) is 0.583. The smallest absolute Gasteiger partial charge is 0.136 e. The quantitative estimate of drug-likeness (QED) is 0.677. The standard InChI is InChI=1S/C12H18BrFN2OS/c1-8(14)11(16-18(17)12(2,3)4)9-6-5-7-10(13)15-9/h5-8,11,16H,1-4H3/t8?,11-,18?/m0/s1. The fourth-order valence-electron chi connectivity index (χ4n) is 1.28. The summed E-state index contributed by atoms with van der Waals surface area (Å²) in [5.74, 6) is 0. The van der Waals surface area contributed by atoms with Crippen LogP contribution in [0.5, 0.6) is 0 Å². The molecule has 0 aliphatic rings. The summed E-state index contributed by atoms with van der Waals surface area (Å²) in [5.41, 5.74) is 0.539. The van der Waals surface area contributed by atoms with Crippen molar-refractivity contribution in [3.05, 3.63) is 28.5 Å². The van der Waals surface area contributed by atoms with E-state index in [-0.39, 0.29) is 0 Å². The second kappa shape index (κ2) is 6.32. The van der Waals surface area contributed by atoms with Crippen LogP contribution in [0.25, 0.3) is 0 Å². The lowest BCUT2D eigenvalue weighted by molar-refractivity contribution is 0.289. The molecule has 1 rings (SSSR count). The number of nitrogens with zero attached hydrogens (tertiary/aromatic N) is 1. The highest BCUT2D eigenvalue weighted by atomic mass is 79.9. The molecular weight excluding hydrogens is 319 g/mol. The highest BCUT2D eigenvalue weighted by molar-refractivity contribution is 9.10. The molecule has 0 aromatic carbocycles. The van der Waals surface area contributed by atoms with Gasteiger partial charge < -0.3 is 4.55 Å². The van der Waals surface area contributed by atoms with Crippen molar-refractivity contribution in [3.63, 3.8) is 0 Å². The first kappa shape index (κ1) is 15.9. The Morgan fingerprint density at radius 1 is 1.44 bits per heavy atom. The van der Waals surface area contributed by atoms with Crippen molar-refractivity contribution in [1.29, 1.82) is 0 Å². The van der Waals surface area contributed by atoms with E-state index >= 15 is 0 Å². The first-order valence-corrected chi connectivity index (χ1v) is 7.60. The van der Waals surface area contributed by atoms with E-state index in [2.05, 4.69) is 25.6 Å². The van der Waals surface area contributed by atoms with Crippen molar-refractivity contribution in [2.24, 2.45) is 0 Å². The first-order valence-electron chi connectivity index (χ1n) is 5.66. The van der Waals surface area contributed by atoms with E-state index in [0.717, 1.165) is 0 Å². The Labute approximate surface area is 119 Å². The first-order chi connectivity index (χ1) is 8.21. The molecule has 0 bridgehead atoms. The minimum atomic E-state index is -1.34. The highest BCUT2D eigenvalue weighted by Gasteiger charge is 2.32. The van der Waals surface area contributed by atoms with Crippen LogP contribution in [0, 0.1) is 0 Å². The van der Waals surface area contributed by atoms with Gasteiger partial charge in [-0.15, -0.1) is 4.72 Å². The van der Waals surface area contributed by atoms with Gasteiger partial charge in [0.2, 0.25) is 0 Å². The van der Waals surface area contributed by atoms with E-state index in [0.29, 0.717) is 10.3 Å². The van der Waals surface area contributed by atoms with Crippen LogP contribution in [-0.4, -0.2) is 20.5 Å². The third kappa shape index (κ3) is 4.50. The van der Waals surface area contributed by atoms with Gasteiger partial charge in [0, 0.05) is 11.4 Å². The molecule has 0 spiro atoms. The van der Waals surface area contributed by atoms with E-state index in [1.165, 1.54) is 6.92 Å². The van der Waals surface area contributed by atoms with Crippen LogP contribution in [0.15, 0.2) is 22.8 Å². The maximum atomic E-state index is 13.7. The lowest BCUT2D eigenvalue weighted by Gasteiger charge is -2.28. The van der Waals surface area contributed by atoms with Gasteiger partial charge in [-0.2, -0.15) is 0 Å². The molecule has 1 N–H and O–H groups in total. The van der Waals surface area contributed by atoms with Crippen LogP contribution in [0.4, 0.5) is 4.39 Å². The van der Waals surface area contributed by atoms with Gasteiger partial charge in [-0.3, -0.25) is 0 Å². The molecule has 1 heterocycles. The molecule has 1 aromatic rings. The van der Waals surface area contributed by atoms with E-state index in [1.807, 2.05) is 20.8 Å². The Morgan fingerprint density at radius 2 is 2.06 bits per heavy atom. The maximum Gasteiger partial charge on any atom is 0.136 e. The van der Waals surface area contributed by atoms with E-state index < -0.39 is 28.3 Å². The van der Waals surface area contributed by atoms with E-state index in [9.17, 15) is 8.94 Å². The SMILES string of the molecule is CC(F)[C@H](N[S+]([O-])C(C)(C)C)c1cccc(Br)n1. The van der Waals surface area contributed by atoms with Crippen molar-refractivity contribution in [3.8, 4) is 0 Å². The Kier molecular flexibility index (Phi) is 5.58. The monoisotopic (exact) mass is 336 g/mol. The van der Waals surface area contributed by atoms with Crippen molar-refractivity contribution in [1.82, 2.24) is 9.71 Å². The van der Waals surface area contributed by atoms with Gasteiger partial charge in [0.1, 0.15) is 21.6 Å². The molecule has 0 aliphatic heterocycles. The fourth-order valence-corrected chi connectivity index (χ4v) is 2.53. The Hall–Kier alpha value is -0.170. The minimum Gasteiger partial charge on any atom is -0.598 e. The highest BCUT2D eigenvalue weighted by Crippen LogP contribution is 2.23. The Bertz CT molecular complexity index is 398. The molecule has 102 valence electrons. The number of pyridine rings is 1. The number of hydrogen-bond acceptors (Lipinski definition) is 3. The molecular formula is C12H18BrFN2OS. The van der Waals surface area contributed by atoms with E-state index in [4.69, 9.17) is 0 Å². The summed E-state index contributed by atoms with van der Waals surface area (Å²) in [5, 5.41) is 0. The topological polar surface area (TPSA) is 48.0 Å². The van der Waals surface area contributed by atoms with Gasteiger partial charge in [0.25, 0.3) is 0 Å². The van der Waals surface area contributed by atoms with Crippen molar-refractivity contribution in [2.45, 2.75) is 44.7 Å². The molecule has 1 aromatic heterocycles. The number of aromatic nitrogens is 1. The molecule has 0 radical (unpaired) electrons. The summed E-state index contributed by atoms with van der Waals surface area (Å²) in [7, 11) is 0. The summed E-state index contributed by atoms with van der Waals surface area (Å²) in [6.45, 7) is 6.94. The molecule has 0 amide bonds. The van der Waals surface area contributed by atoms with Crippen LogP contribution < -0.4 is 4.72 Å². The molecule has 0 aliphatic carbocycles. The van der Waals surface area contributed by atoms with Crippen LogP contribution in [-0.2, 0) is 11.4 Å². The molecule has 3 nitrogen and oxygen atoms in total. The average Bonchev–Trinajstić information content (AvgIpc) is 2.23. The molecule has 18 heavy (non-hydrogen) atoms. The number of rotatable bonds is 4. The molecule has 3 atom stereocenters. The number of hydrogen-bond donors (Lipinski definition) is 1. The number of alkyl halides is 1. The van der Waals surface area contributed by atoms with Crippen LogP contribution in [0.1, 0.15) is 39.4 Å². The zero-order valence-electron chi connectivity index (χ0n) is 10.9. The predicted molar refractivity (Wildman–Crippen MR) is 76.3 cm³/mol. The minimum absolute atomic E-state index is 0.445. The van der Waals surface area contributed by atoms with Crippen molar-refractivity contribution in [2.75, 3.05) is 0 Å².